The van der Waals surface area contributed by atoms with Crippen LogP contribution in [0.5, 0.6) is 0 Å². The lowest BCUT2D eigenvalue weighted by molar-refractivity contribution is 0.0711. The number of carbonyl (C=O) groups excluding carboxylic acids is 1. The summed E-state index contributed by atoms with van der Waals surface area (Å²) in [6.45, 7) is 2.42. The van der Waals surface area contributed by atoms with Crippen LogP contribution in [-0.4, -0.2) is 46.8 Å². The lowest BCUT2D eigenvalue weighted by atomic mass is 10.0. The SMILES string of the molecule is Cc1ccc(S(=O)(=O)c2ccccc2)cc1S(=O)(=O)NC1CCN(C(=O)c2ccc(Cl)cc2)CC1. The molecule has 0 atom stereocenters. The Morgan fingerprint density at radius 1 is 0.886 bits per heavy atom. The van der Waals surface area contributed by atoms with Gasteiger partial charge in [0.05, 0.1) is 14.7 Å². The summed E-state index contributed by atoms with van der Waals surface area (Å²) in [4.78, 5) is 14.3. The second-order valence-electron chi connectivity index (χ2n) is 8.44. The minimum absolute atomic E-state index is 0.0748. The standard InChI is InChI=1S/C25H25ClN2O5S2/c1-18-7-12-23(34(30,31)22-5-3-2-4-6-22)17-24(18)35(32,33)27-21-13-15-28(16-14-21)25(29)19-8-10-20(26)11-9-19/h2-12,17,21,27H,13-16H2,1H3. The first kappa shape index (κ1) is 25.4. The molecule has 10 heteroatoms. The van der Waals surface area contributed by atoms with Crippen LogP contribution in [0.2, 0.25) is 5.02 Å². The molecule has 1 N–H and O–H groups in total. The molecule has 1 aliphatic rings. The highest BCUT2D eigenvalue weighted by Gasteiger charge is 2.29. The van der Waals surface area contributed by atoms with Crippen molar-refractivity contribution in [2.75, 3.05) is 13.1 Å². The fourth-order valence-corrected chi connectivity index (χ4v) is 7.12. The van der Waals surface area contributed by atoms with Gasteiger partial charge < -0.3 is 4.90 Å². The van der Waals surface area contributed by atoms with Gasteiger partial charge in [0.1, 0.15) is 0 Å². The van der Waals surface area contributed by atoms with Crippen LogP contribution in [0.3, 0.4) is 0 Å². The molecule has 0 aromatic heterocycles. The smallest absolute Gasteiger partial charge is 0.253 e. The van der Waals surface area contributed by atoms with Gasteiger partial charge in [0.2, 0.25) is 19.9 Å². The van der Waals surface area contributed by atoms with Crippen molar-refractivity contribution < 1.29 is 21.6 Å². The fraction of sp³-hybridized carbons (Fsp3) is 0.240. The van der Waals surface area contributed by atoms with E-state index in [1.54, 1.807) is 54.3 Å². The zero-order valence-corrected chi connectivity index (χ0v) is 21.4. The van der Waals surface area contributed by atoms with Gasteiger partial charge in [-0.3, -0.25) is 4.79 Å². The van der Waals surface area contributed by atoms with Crippen molar-refractivity contribution in [3.8, 4) is 0 Å². The van der Waals surface area contributed by atoms with Gasteiger partial charge in [0.25, 0.3) is 5.91 Å². The minimum atomic E-state index is -3.98. The van der Waals surface area contributed by atoms with Crippen molar-refractivity contribution in [3.63, 3.8) is 0 Å². The number of carbonyl (C=O) groups is 1. The molecular weight excluding hydrogens is 508 g/mol. The van der Waals surface area contributed by atoms with Crippen LogP contribution in [-0.2, 0) is 19.9 Å². The Kier molecular flexibility index (Phi) is 7.32. The van der Waals surface area contributed by atoms with Crippen LogP contribution < -0.4 is 4.72 Å². The molecule has 0 saturated carbocycles. The van der Waals surface area contributed by atoms with Gasteiger partial charge in [-0.1, -0.05) is 35.9 Å². The van der Waals surface area contributed by atoms with E-state index < -0.39 is 19.9 Å². The van der Waals surface area contributed by atoms with Crippen LogP contribution >= 0.6 is 11.6 Å². The zero-order valence-electron chi connectivity index (χ0n) is 19.0. The van der Waals surface area contributed by atoms with Crippen LogP contribution in [0.15, 0.2) is 87.5 Å². The van der Waals surface area contributed by atoms with Crippen LogP contribution in [0.4, 0.5) is 0 Å². The summed E-state index contributed by atoms with van der Waals surface area (Å²) in [5.41, 5.74) is 0.973. The predicted molar refractivity (Wildman–Crippen MR) is 134 cm³/mol. The lowest BCUT2D eigenvalue weighted by Gasteiger charge is -2.32. The Morgan fingerprint density at radius 3 is 2.14 bits per heavy atom. The molecular formula is C25H25ClN2O5S2. The maximum atomic E-state index is 13.2. The zero-order chi connectivity index (χ0) is 25.2. The van der Waals surface area contributed by atoms with E-state index in [-0.39, 0.29) is 26.6 Å². The van der Waals surface area contributed by atoms with Gasteiger partial charge in [0, 0.05) is 29.7 Å². The number of hydrogen-bond acceptors (Lipinski definition) is 5. The molecule has 1 aliphatic heterocycles. The number of aryl methyl sites for hydroxylation is 1. The third-order valence-corrected chi connectivity index (χ3v) is 9.69. The van der Waals surface area contributed by atoms with Crippen LogP contribution in [0, 0.1) is 6.92 Å². The summed E-state index contributed by atoms with van der Waals surface area (Å²) in [6, 6.07) is 18.3. The number of benzene rings is 3. The second-order valence-corrected chi connectivity index (χ2v) is 12.5. The molecule has 0 aliphatic carbocycles. The maximum Gasteiger partial charge on any atom is 0.253 e. The topological polar surface area (TPSA) is 101 Å². The first-order chi connectivity index (χ1) is 16.6. The molecule has 3 aromatic rings. The fourth-order valence-electron chi connectivity index (χ4n) is 4.03. The van der Waals surface area contributed by atoms with E-state index in [1.165, 1.54) is 30.3 Å². The van der Waals surface area contributed by atoms with E-state index in [2.05, 4.69) is 4.72 Å². The Bertz CT molecular complexity index is 1430. The van der Waals surface area contributed by atoms with Gasteiger partial charge in [-0.15, -0.1) is 0 Å². The molecule has 4 rings (SSSR count). The highest BCUT2D eigenvalue weighted by molar-refractivity contribution is 7.91. The van der Waals surface area contributed by atoms with Gasteiger partial charge >= 0.3 is 0 Å². The summed E-state index contributed by atoms with van der Waals surface area (Å²) in [5, 5.41) is 0.547. The summed E-state index contributed by atoms with van der Waals surface area (Å²) >= 11 is 5.89. The van der Waals surface area contributed by atoms with Crippen LogP contribution in [0.1, 0.15) is 28.8 Å². The molecule has 1 fully saturated rings. The van der Waals surface area contributed by atoms with Gasteiger partial charge in [-0.05, 0) is 73.9 Å². The molecule has 7 nitrogen and oxygen atoms in total. The third kappa shape index (κ3) is 5.59. The monoisotopic (exact) mass is 532 g/mol. The van der Waals surface area contributed by atoms with Crippen molar-refractivity contribution in [1.82, 2.24) is 9.62 Å². The summed E-state index contributed by atoms with van der Waals surface area (Å²) < 4.78 is 55.1. The highest BCUT2D eigenvalue weighted by atomic mass is 35.5. The molecule has 3 aromatic carbocycles. The van der Waals surface area contributed by atoms with E-state index in [0.717, 1.165) is 0 Å². The first-order valence-corrected chi connectivity index (χ1v) is 14.4. The van der Waals surface area contributed by atoms with E-state index in [4.69, 9.17) is 11.6 Å². The number of hydrogen-bond donors (Lipinski definition) is 1. The lowest BCUT2D eigenvalue weighted by Crippen LogP contribution is -2.46. The number of sulfone groups is 1. The van der Waals surface area contributed by atoms with Crippen molar-refractivity contribution in [3.05, 3.63) is 88.9 Å². The summed E-state index contributed by atoms with van der Waals surface area (Å²) in [5.74, 6) is -0.127. The molecule has 1 heterocycles. The third-order valence-electron chi connectivity index (χ3n) is 6.01. The average molecular weight is 533 g/mol. The van der Waals surface area contributed by atoms with Crippen molar-refractivity contribution in [2.45, 2.75) is 40.5 Å². The molecule has 184 valence electrons. The minimum Gasteiger partial charge on any atom is -0.339 e. The average Bonchev–Trinajstić information content (AvgIpc) is 2.85. The number of sulfonamides is 1. The highest BCUT2D eigenvalue weighted by Crippen LogP contribution is 2.26. The predicted octanol–water partition coefficient (Wildman–Crippen LogP) is 4.06. The number of nitrogens with zero attached hydrogens (tertiary/aromatic N) is 1. The van der Waals surface area contributed by atoms with Crippen LogP contribution in [0.25, 0.3) is 0 Å². The number of halogens is 1. The number of amides is 1. The van der Waals surface area contributed by atoms with E-state index in [0.29, 0.717) is 42.1 Å². The molecule has 0 spiro atoms. The molecule has 1 amide bonds. The Morgan fingerprint density at radius 2 is 1.51 bits per heavy atom. The first-order valence-electron chi connectivity index (χ1n) is 11.1. The van der Waals surface area contributed by atoms with Crippen molar-refractivity contribution in [1.29, 1.82) is 0 Å². The van der Waals surface area contributed by atoms with Gasteiger partial charge in [-0.2, -0.15) is 0 Å². The summed E-state index contributed by atoms with van der Waals surface area (Å²) in [7, 11) is -7.84. The Hall–Kier alpha value is -2.72. The molecule has 35 heavy (non-hydrogen) atoms. The molecule has 0 radical (unpaired) electrons. The Balaban J connectivity index is 1.48. The van der Waals surface area contributed by atoms with Crippen molar-refractivity contribution in [2.24, 2.45) is 0 Å². The number of nitrogens with one attached hydrogen (secondary N) is 1. The van der Waals surface area contributed by atoms with Gasteiger partial charge in [-0.25, -0.2) is 21.6 Å². The normalized spacial score (nSPS) is 15.2. The van der Waals surface area contributed by atoms with E-state index in [1.807, 2.05) is 0 Å². The summed E-state index contributed by atoms with van der Waals surface area (Å²) in [6.07, 6.45) is 0.888. The largest absolute Gasteiger partial charge is 0.339 e. The molecule has 1 saturated heterocycles. The molecule has 0 bridgehead atoms. The number of rotatable bonds is 6. The maximum absolute atomic E-state index is 13.2. The second kappa shape index (κ2) is 10.1. The number of piperidine rings is 1. The Labute approximate surface area is 210 Å². The van der Waals surface area contributed by atoms with E-state index in [9.17, 15) is 21.6 Å². The quantitative estimate of drug-likeness (QED) is 0.516. The van der Waals surface area contributed by atoms with E-state index >= 15 is 0 Å². The number of likely N-dealkylation sites (tertiary alicyclic amines) is 1. The van der Waals surface area contributed by atoms with Gasteiger partial charge in [0.15, 0.2) is 0 Å². The molecule has 0 unspecified atom stereocenters. The van der Waals surface area contributed by atoms with Crippen molar-refractivity contribution >= 4 is 37.4 Å².